The maximum Gasteiger partial charge on any atom is 0.234 e. The number of carbonyl (C=O) groups is 1. The van der Waals surface area contributed by atoms with Gasteiger partial charge in [-0.05, 0) is 19.9 Å². The van der Waals surface area contributed by atoms with E-state index in [1.54, 1.807) is 4.90 Å². The van der Waals surface area contributed by atoms with E-state index in [-0.39, 0.29) is 11.9 Å². The van der Waals surface area contributed by atoms with Gasteiger partial charge in [0.15, 0.2) is 0 Å². The van der Waals surface area contributed by atoms with Crippen LogP contribution in [0.2, 0.25) is 0 Å². The number of hydrogen-bond donors (Lipinski definition) is 1. The number of rotatable bonds is 6. The molecule has 1 amide bonds. The highest BCUT2D eigenvalue weighted by molar-refractivity contribution is 5.78. The Balaban J connectivity index is 3.85. The molecule has 0 aromatic heterocycles. The van der Waals surface area contributed by atoms with Crippen LogP contribution >= 0.6 is 0 Å². The van der Waals surface area contributed by atoms with Gasteiger partial charge in [0.25, 0.3) is 0 Å². The van der Waals surface area contributed by atoms with Gasteiger partial charge in [-0.2, -0.15) is 5.26 Å². The molecule has 4 nitrogen and oxygen atoms in total. The van der Waals surface area contributed by atoms with Crippen LogP contribution in [-0.2, 0) is 4.79 Å². The molecule has 1 atom stereocenters. The number of nitriles is 1. The lowest BCUT2D eigenvalue weighted by Gasteiger charge is -2.18. The molecule has 0 bridgehead atoms. The summed E-state index contributed by atoms with van der Waals surface area (Å²) in [6.45, 7) is 7.28. The second-order valence-corrected chi connectivity index (χ2v) is 3.34. The minimum absolute atomic E-state index is 0.00329. The average Bonchev–Trinajstić information content (AvgIpc) is 2.16. The fourth-order valence-electron chi connectivity index (χ4n) is 1.01. The second-order valence-electron chi connectivity index (χ2n) is 3.34. The Labute approximate surface area is 85.9 Å². The molecule has 0 aliphatic carbocycles. The lowest BCUT2D eigenvalue weighted by atomic mass is 10.2. The Hall–Kier alpha value is -1.08. The molecular weight excluding hydrogens is 178 g/mol. The van der Waals surface area contributed by atoms with Crippen molar-refractivity contribution in [3.05, 3.63) is 0 Å². The minimum Gasteiger partial charge on any atom is -0.353 e. The van der Waals surface area contributed by atoms with Crippen molar-refractivity contribution in [1.82, 2.24) is 10.2 Å². The van der Waals surface area contributed by atoms with Crippen LogP contribution in [-0.4, -0.2) is 36.5 Å². The van der Waals surface area contributed by atoms with Crippen molar-refractivity contribution in [2.45, 2.75) is 33.2 Å². The van der Waals surface area contributed by atoms with Gasteiger partial charge in [0.05, 0.1) is 19.2 Å². The summed E-state index contributed by atoms with van der Waals surface area (Å²) in [5, 5.41) is 11.3. The number of hydrogen-bond acceptors (Lipinski definition) is 3. The van der Waals surface area contributed by atoms with E-state index in [1.165, 1.54) is 0 Å². The highest BCUT2D eigenvalue weighted by atomic mass is 16.2. The van der Waals surface area contributed by atoms with Crippen molar-refractivity contribution < 1.29 is 4.79 Å². The number of amides is 1. The zero-order valence-electron chi connectivity index (χ0n) is 9.21. The van der Waals surface area contributed by atoms with Crippen LogP contribution in [0.15, 0.2) is 0 Å². The van der Waals surface area contributed by atoms with Gasteiger partial charge in [-0.1, -0.05) is 13.8 Å². The van der Waals surface area contributed by atoms with Crippen LogP contribution in [0.25, 0.3) is 0 Å². The van der Waals surface area contributed by atoms with Gasteiger partial charge < -0.3 is 5.32 Å². The Morgan fingerprint density at radius 2 is 2.21 bits per heavy atom. The Morgan fingerprint density at radius 3 is 2.64 bits per heavy atom. The van der Waals surface area contributed by atoms with E-state index in [0.29, 0.717) is 13.1 Å². The molecule has 0 radical (unpaired) electrons. The van der Waals surface area contributed by atoms with E-state index < -0.39 is 0 Å². The molecule has 0 rings (SSSR count). The van der Waals surface area contributed by atoms with Gasteiger partial charge in [0.1, 0.15) is 0 Å². The summed E-state index contributed by atoms with van der Waals surface area (Å²) in [6, 6.07) is 2.25. The van der Waals surface area contributed by atoms with E-state index in [2.05, 4.69) is 5.32 Å². The van der Waals surface area contributed by atoms with E-state index in [1.807, 2.05) is 26.8 Å². The Kier molecular flexibility index (Phi) is 6.77. The van der Waals surface area contributed by atoms with Gasteiger partial charge in [-0.15, -0.1) is 0 Å². The van der Waals surface area contributed by atoms with Crippen molar-refractivity contribution in [1.29, 1.82) is 5.26 Å². The predicted molar refractivity (Wildman–Crippen MR) is 55.6 cm³/mol. The number of nitrogens with one attached hydrogen (secondary N) is 1. The average molecular weight is 197 g/mol. The van der Waals surface area contributed by atoms with E-state index >= 15 is 0 Å². The summed E-state index contributed by atoms with van der Waals surface area (Å²) >= 11 is 0. The Bertz CT molecular complexity index is 210. The van der Waals surface area contributed by atoms with E-state index in [0.717, 1.165) is 13.0 Å². The summed E-state index contributed by atoms with van der Waals surface area (Å²) in [6.07, 6.45) is 0.927. The third-order valence-corrected chi connectivity index (χ3v) is 2.13. The first-order valence-corrected chi connectivity index (χ1v) is 5.02. The number of carbonyl (C=O) groups excluding carboxylic acids is 1. The van der Waals surface area contributed by atoms with Gasteiger partial charge in [-0.3, -0.25) is 9.69 Å². The normalized spacial score (nSPS) is 12.2. The third-order valence-electron chi connectivity index (χ3n) is 2.13. The first-order chi connectivity index (χ1) is 6.63. The van der Waals surface area contributed by atoms with Crippen molar-refractivity contribution >= 4 is 5.91 Å². The maximum absolute atomic E-state index is 11.4. The van der Waals surface area contributed by atoms with Crippen molar-refractivity contribution in [3.8, 4) is 6.07 Å². The zero-order chi connectivity index (χ0) is 11.0. The molecule has 0 aliphatic rings. The Morgan fingerprint density at radius 1 is 1.57 bits per heavy atom. The van der Waals surface area contributed by atoms with Crippen molar-refractivity contribution in [2.75, 3.05) is 19.6 Å². The smallest absolute Gasteiger partial charge is 0.234 e. The molecular formula is C10H19N3O. The topological polar surface area (TPSA) is 56.1 Å². The van der Waals surface area contributed by atoms with Crippen LogP contribution in [0.3, 0.4) is 0 Å². The molecule has 0 aliphatic heterocycles. The van der Waals surface area contributed by atoms with Crippen LogP contribution < -0.4 is 5.32 Å². The largest absolute Gasteiger partial charge is 0.353 e. The molecule has 0 saturated carbocycles. The van der Waals surface area contributed by atoms with Crippen molar-refractivity contribution in [3.63, 3.8) is 0 Å². The fraction of sp³-hybridized carbons (Fsp3) is 0.800. The summed E-state index contributed by atoms with van der Waals surface area (Å²) < 4.78 is 0. The zero-order valence-corrected chi connectivity index (χ0v) is 9.21. The highest BCUT2D eigenvalue weighted by Gasteiger charge is 2.09. The summed E-state index contributed by atoms with van der Waals surface area (Å²) in [5.74, 6) is -0.00329. The molecule has 0 heterocycles. The minimum atomic E-state index is -0.00329. The monoisotopic (exact) mass is 197 g/mol. The maximum atomic E-state index is 11.4. The fourth-order valence-corrected chi connectivity index (χ4v) is 1.01. The molecule has 1 N–H and O–H groups in total. The summed E-state index contributed by atoms with van der Waals surface area (Å²) in [7, 11) is 0. The highest BCUT2D eigenvalue weighted by Crippen LogP contribution is 1.90. The lowest BCUT2D eigenvalue weighted by molar-refractivity contribution is -0.122. The van der Waals surface area contributed by atoms with Gasteiger partial charge in [0.2, 0.25) is 5.91 Å². The molecule has 0 spiro atoms. The standard InChI is InChI=1S/C10H19N3O/c1-4-9(3)12-10(14)8-13(5-2)7-6-11/h9H,4-5,7-8H2,1-3H3,(H,12,14). The van der Waals surface area contributed by atoms with Crippen LogP contribution in [0, 0.1) is 11.3 Å². The molecule has 14 heavy (non-hydrogen) atoms. The van der Waals surface area contributed by atoms with Crippen molar-refractivity contribution in [2.24, 2.45) is 0 Å². The second kappa shape index (κ2) is 7.34. The van der Waals surface area contributed by atoms with Crippen LogP contribution in [0.5, 0.6) is 0 Å². The predicted octanol–water partition coefficient (Wildman–Crippen LogP) is 0.747. The molecule has 0 fully saturated rings. The number of likely N-dealkylation sites (N-methyl/N-ethyl adjacent to an activating group) is 1. The van der Waals surface area contributed by atoms with Gasteiger partial charge >= 0.3 is 0 Å². The summed E-state index contributed by atoms with van der Waals surface area (Å²) in [4.78, 5) is 13.2. The third kappa shape index (κ3) is 5.55. The number of nitrogens with zero attached hydrogens (tertiary/aromatic N) is 2. The lowest BCUT2D eigenvalue weighted by Crippen LogP contribution is -2.40. The van der Waals surface area contributed by atoms with Gasteiger partial charge in [-0.25, -0.2) is 0 Å². The molecule has 1 unspecified atom stereocenters. The molecule has 80 valence electrons. The quantitative estimate of drug-likeness (QED) is 0.639. The molecule has 4 heteroatoms. The first-order valence-electron chi connectivity index (χ1n) is 5.02. The SMILES string of the molecule is CCC(C)NC(=O)CN(CC)CC#N. The molecule has 0 aromatic carbocycles. The first kappa shape index (κ1) is 12.9. The van der Waals surface area contributed by atoms with Gasteiger partial charge in [0, 0.05) is 6.04 Å². The van der Waals surface area contributed by atoms with Crippen LogP contribution in [0.4, 0.5) is 0 Å². The van der Waals surface area contributed by atoms with E-state index in [4.69, 9.17) is 5.26 Å². The molecule has 0 aromatic rings. The molecule has 0 saturated heterocycles. The van der Waals surface area contributed by atoms with Crippen LogP contribution in [0.1, 0.15) is 27.2 Å². The van der Waals surface area contributed by atoms with E-state index in [9.17, 15) is 4.79 Å². The summed E-state index contributed by atoms with van der Waals surface area (Å²) in [5.41, 5.74) is 0.